The molecule has 9 heteroatoms. The third kappa shape index (κ3) is 4.87. The quantitative estimate of drug-likeness (QED) is 0.733. The highest BCUT2D eigenvalue weighted by molar-refractivity contribution is 5.96. The van der Waals surface area contributed by atoms with E-state index < -0.39 is 36.0 Å². The van der Waals surface area contributed by atoms with Gasteiger partial charge in [-0.3, -0.25) is 4.79 Å². The van der Waals surface area contributed by atoms with Crippen LogP contribution < -0.4 is 5.32 Å². The molecule has 25 heavy (non-hydrogen) atoms. The van der Waals surface area contributed by atoms with Crippen LogP contribution in [0.5, 0.6) is 11.5 Å². The zero-order valence-corrected chi connectivity index (χ0v) is 12.5. The Labute approximate surface area is 139 Å². The van der Waals surface area contributed by atoms with Crippen LogP contribution in [0.4, 0.5) is 18.9 Å². The number of phenolic OH excluding ortho intramolecular Hbond substituents is 2. The second-order valence-electron chi connectivity index (χ2n) is 4.90. The molecule has 0 saturated heterocycles. The number of nitrogens with one attached hydrogen (secondary N) is 1. The van der Waals surface area contributed by atoms with Gasteiger partial charge in [-0.15, -0.1) is 0 Å². The minimum absolute atomic E-state index is 0.0986. The summed E-state index contributed by atoms with van der Waals surface area (Å²) >= 11 is 0. The summed E-state index contributed by atoms with van der Waals surface area (Å²) in [7, 11) is 0. The van der Waals surface area contributed by atoms with Crippen LogP contribution >= 0.6 is 0 Å². The van der Waals surface area contributed by atoms with Gasteiger partial charge in [0.15, 0.2) is 6.61 Å². The molecule has 0 spiro atoms. The van der Waals surface area contributed by atoms with Gasteiger partial charge in [-0.1, -0.05) is 0 Å². The number of anilines is 1. The molecule has 2 aromatic carbocycles. The molecule has 0 bridgehead atoms. The zero-order valence-electron chi connectivity index (χ0n) is 12.5. The highest BCUT2D eigenvalue weighted by Gasteiger charge is 2.30. The van der Waals surface area contributed by atoms with Crippen molar-refractivity contribution in [3.63, 3.8) is 0 Å². The molecular formula is C16H12F3NO5. The predicted molar refractivity (Wildman–Crippen MR) is 80.1 cm³/mol. The third-order valence-corrected chi connectivity index (χ3v) is 3.03. The number of halogens is 3. The Morgan fingerprint density at radius 2 is 1.68 bits per heavy atom. The van der Waals surface area contributed by atoms with Crippen molar-refractivity contribution < 1.29 is 37.7 Å². The second kappa shape index (κ2) is 7.12. The summed E-state index contributed by atoms with van der Waals surface area (Å²) in [5, 5.41) is 20.9. The van der Waals surface area contributed by atoms with E-state index in [1.807, 2.05) is 0 Å². The van der Waals surface area contributed by atoms with Gasteiger partial charge >= 0.3 is 12.1 Å². The molecule has 0 aliphatic rings. The van der Waals surface area contributed by atoms with Crippen molar-refractivity contribution in [1.29, 1.82) is 0 Å². The van der Waals surface area contributed by atoms with E-state index in [0.717, 1.165) is 42.5 Å². The Kier molecular flexibility index (Phi) is 5.16. The highest BCUT2D eigenvalue weighted by atomic mass is 19.4. The highest BCUT2D eigenvalue weighted by Crippen LogP contribution is 2.29. The Balaban J connectivity index is 1.91. The fourth-order valence-electron chi connectivity index (χ4n) is 1.84. The Morgan fingerprint density at radius 1 is 1.04 bits per heavy atom. The number of hydrogen-bond donors (Lipinski definition) is 3. The summed E-state index contributed by atoms with van der Waals surface area (Å²) in [6.07, 6.45) is -4.48. The van der Waals surface area contributed by atoms with Crippen molar-refractivity contribution in [2.75, 3.05) is 11.9 Å². The molecule has 0 aliphatic heterocycles. The fraction of sp³-hybridized carbons (Fsp3) is 0.125. The number of benzene rings is 2. The lowest BCUT2D eigenvalue weighted by atomic mass is 10.2. The minimum Gasteiger partial charge on any atom is -0.508 e. The van der Waals surface area contributed by atoms with Crippen LogP contribution in [0.15, 0.2) is 42.5 Å². The first-order valence-corrected chi connectivity index (χ1v) is 6.83. The number of amides is 1. The smallest absolute Gasteiger partial charge is 0.416 e. The average Bonchev–Trinajstić information content (AvgIpc) is 2.52. The Hall–Kier alpha value is -3.23. The first kappa shape index (κ1) is 18.1. The minimum atomic E-state index is -4.48. The topological polar surface area (TPSA) is 95.9 Å². The Bertz CT molecular complexity index is 787. The van der Waals surface area contributed by atoms with Crippen molar-refractivity contribution in [2.24, 2.45) is 0 Å². The molecule has 0 aromatic heterocycles. The van der Waals surface area contributed by atoms with Crippen LogP contribution in [0.1, 0.15) is 15.9 Å². The SMILES string of the molecule is O=C(COC(=O)c1ccc(O)cc1O)Nc1ccc(C(F)(F)F)cc1. The van der Waals surface area contributed by atoms with Gasteiger partial charge in [-0.05, 0) is 36.4 Å². The van der Waals surface area contributed by atoms with E-state index >= 15 is 0 Å². The van der Waals surface area contributed by atoms with Crippen molar-refractivity contribution in [3.8, 4) is 11.5 Å². The molecule has 0 atom stereocenters. The van der Waals surface area contributed by atoms with Crippen molar-refractivity contribution in [3.05, 3.63) is 53.6 Å². The first-order valence-electron chi connectivity index (χ1n) is 6.83. The van der Waals surface area contributed by atoms with Crippen LogP contribution in [0.3, 0.4) is 0 Å². The van der Waals surface area contributed by atoms with Gasteiger partial charge in [0.25, 0.3) is 5.91 Å². The standard InChI is InChI=1S/C16H12F3NO5/c17-16(18,19)9-1-3-10(4-2-9)20-14(23)8-25-15(24)12-6-5-11(21)7-13(12)22/h1-7,21-22H,8H2,(H,20,23). The lowest BCUT2D eigenvalue weighted by Crippen LogP contribution is -2.21. The monoisotopic (exact) mass is 355 g/mol. The second-order valence-corrected chi connectivity index (χ2v) is 4.90. The van der Waals surface area contributed by atoms with E-state index in [1.165, 1.54) is 0 Å². The van der Waals surface area contributed by atoms with Crippen LogP contribution in [-0.4, -0.2) is 28.7 Å². The van der Waals surface area contributed by atoms with Gasteiger partial charge in [-0.25, -0.2) is 4.79 Å². The fourth-order valence-corrected chi connectivity index (χ4v) is 1.84. The van der Waals surface area contributed by atoms with Gasteiger partial charge in [0.2, 0.25) is 0 Å². The number of aromatic hydroxyl groups is 2. The maximum absolute atomic E-state index is 12.4. The van der Waals surface area contributed by atoms with Crippen LogP contribution in [0.2, 0.25) is 0 Å². The molecule has 0 heterocycles. The molecular weight excluding hydrogens is 343 g/mol. The molecule has 0 aliphatic carbocycles. The number of carbonyl (C=O) groups is 2. The third-order valence-electron chi connectivity index (χ3n) is 3.03. The summed E-state index contributed by atoms with van der Waals surface area (Å²) in [5.74, 6) is -2.55. The lowest BCUT2D eigenvalue weighted by molar-refractivity contribution is -0.137. The average molecular weight is 355 g/mol. The number of ether oxygens (including phenoxy) is 1. The first-order chi connectivity index (χ1) is 11.7. The summed E-state index contributed by atoms with van der Waals surface area (Å²) in [6, 6.07) is 6.92. The van der Waals surface area contributed by atoms with E-state index in [-0.39, 0.29) is 17.0 Å². The summed E-state index contributed by atoms with van der Waals surface area (Å²) in [4.78, 5) is 23.4. The molecule has 6 nitrogen and oxygen atoms in total. The number of esters is 1. The number of hydrogen-bond acceptors (Lipinski definition) is 5. The molecule has 2 rings (SSSR count). The molecule has 0 unspecified atom stereocenters. The van der Waals surface area contributed by atoms with Crippen molar-refractivity contribution >= 4 is 17.6 Å². The lowest BCUT2D eigenvalue weighted by Gasteiger charge is -2.09. The molecule has 0 fully saturated rings. The largest absolute Gasteiger partial charge is 0.508 e. The Morgan fingerprint density at radius 3 is 2.24 bits per heavy atom. The van der Waals surface area contributed by atoms with Gasteiger partial charge in [0.05, 0.1) is 5.56 Å². The van der Waals surface area contributed by atoms with Crippen LogP contribution in [0.25, 0.3) is 0 Å². The number of carbonyl (C=O) groups excluding carboxylic acids is 2. The van der Waals surface area contributed by atoms with Gasteiger partial charge in [0.1, 0.15) is 17.1 Å². The molecule has 132 valence electrons. The van der Waals surface area contributed by atoms with Gasteiger partial charge in [-0.2, -0.15) is 13.2 Å². The van der Waals surface area contributed by atoms with Crippen molar-refractivity contribution in [1.82, 2.24) is 0 Å². The van der Waals surface area contributed by atoms with E-state index in [0.29, 0.717) is 0 Å². The summed E-state index contributed by atoms with van der Waals surface area (Å²) in [5.41, 5.74) is -1.01. The summed E-state index contributed by atoms with van der Waals surface area (Å²) < 4.78 is 42.0. The van der Waals surface area contributed by atoms with Crippen LogP contribution in [0, 0.1) is 0 Å². The number of phenols is 2. The maximum atomic E-state index is 12.4. The van der Waals surface area contributed by atoms with E-state index in [9.17, 15) is 27.9 Å². The summed E-state index contributed by atoms with van der Waals surface area (Å²) in [6.45, 7) is -0.708. The normalized spacial score (nSPS) is 11.0. The van der Waals surface area contributed by atoms with E-state index in [2.05, 4.69) is 10.1 Å². The van der Waals surface area contributed by atoms with Gasteiger partial charge < -0.3 is 20.3 Å². The molecule has 3 N–H and O–H groups in total. The van der Waals surface area contributed by atoms with Gasteiger partial charge in [0, 0.05) is 11.8 Å². The molecule has 2 aromatic rings. The molecule has 1 amide bonds. The van der Waals surface area contributed by atoms with Crippen LogP contribution in [-0.2, 0) is 15.7 Å². The number of rotatable bonds is 4. The van der Waals surface area contributed by atoms with E-state index in [4.69, 9.17) is 5.11 Å². The zero-order chi connectivity index (χ0) is 18.6. The van der Waals surface area contributed by atoms with E-state index in [1.54, 1.807) is 0 Å². The number of alkyl halides is 3. The molecule has 0 saturated carbocycles. The maximum Gasteiger partial charge on any atom is 0.416 e. The predicted octanol–water partition coefficient (Wildman–Crippen LogP) is 2.91. The van der Waals surface area contributed by atoms with Crippen molar-refractivity contribution in [2.45, 2.75) is 6.18 Å². The molecule has 0 radical (unpaired) electrons.